The van der Waals surface area contributed by atoms with Crippen LogP contribution in [0.4, 0.5) is 5.69 Å². The van der Waals surface area contributed by atoms with Gasteiger partial charge in [0.1, 0.15) is 5.75 Å². The van der Waals surface area contributed by atoms with Crippen LogP contribution >= 0.6 is 0 Å². The molecule has 4 rings (SSSR count). The van der Waals surface area contributed by atoms with E-state index in [0.717, 1.165) is 22.4 Å². The monoisotopic (exact) mass is 386 g/mol. The molecule has 0 bridgehead atoms. The van der Waals surface area contributed by atoms with Crippen LogP contribution < -0.4 is 15.0 Å². The van der Waals surface area contributed by atoms with Crippen LogP contribution in [0.3, 0.4) is 0 Å². The number of hydrogen-bond acceptors (Lipinski definition) is 3. The molecular formula is C24H22N2O3. The maximum Gasteiger partial charge on any atom is 0.265 e. The van der Waals surface area contributed by atoms with E-state index in [1.807, 2.05) is 67.6 Å². The summed E-state index contributed by atoms with van der Waals surface area (Å²) >= 11 is 0. The van der Waals surface area contributed by atoms with Gasteiger partial charge in [-0.3, -0.25) is 9.59 Å². The lowest BCUT2D eigenvalue weighted by atomic mass is 10.1. The van der Waals surface area contributed by atoms with Gasteiger partial charge in [-0.2, -0.15) is 0 Å². The highest BCUT2D eigenvalue weighted by molar-refractivity contribution is 5.98. The number of benzene rings is 3. The molecule has 0 unspecified atom stereocenters. The van der Waals surface area contributed by atoms with Crippen molar-refractivity contribution >= 4 is 17.5 Å². The molecule has 29 heavy (non-hydrogen) atoms. The zero-order chi connectivity index (χ0) is 20.2. The summed E-state index contributed by atoms with van der Waals surface area (Å²) in [5.74, 6) is 0.517. The number of amides is 2. The normalized spacial score (nSPS) is 12.9. The van der Waals surface area contributed by atoms with Gasteiger partial charge in [0.2, 0.25) is 0 Å². The van der Waals surface area contributed by atoms with Crippen molar-refractivity contribution in [1.29, 1.82) is 0 Å². The standard InChI is InChI=1S/C24H22N2O3/c1-17-7-12-22-21(13-17)26(23(27)16-29-22)15-19-8-10-20(11-9-19)24(28)25-14-18-5-3-2-4-6-18/h2-13H,14-16H2,1H3,(H,25,28). The van der Waals surface area contributed by atoms with E-state index in [1.165, 1.54) is 0 Å². The zero-order valence-electron chi connectivity index (χ0n) is 16.2. The summed E-state index contributed by atoms with van der Waals surface area (Å²) in [6.07, 6.45) is 0. The molecule has 3 aromatic carbocycles. The van der Waals surface area contributed by atoms with Crippen molar-refractivity contribution in [2.75, 3.05) is 11.5 Å². The number of ether oxygens (including phenoxy) is 1. The fraction of sp³-hybridized carbons (Fsp3) is 0.167. The third-order valence-corrected chi connectivity index (χ3v) is 4.91. The SMILES string of the molecule is Cc1ccc2c(c1)N(Cc1ccc(C(=O)NCc3ccccc3)cc1)C(=O)CO2. The molecule has 0 saturated carbocycles. The fourth-order valence-corrected chi connectivity index (χ4v) is 3.31. The summed E-state index contributed by atoms with van der Waals surface area (Å²) in [5, 5.41) is 2.92. The number of nitrogens with one attached hydrogen (secondary N) is 1. The molecule has 3 aromatic rings. The van der Waals surface area contributed by atoms with Gasteiger partial charge in [0.15, 0.2) is 6.61 Å². The summed E-state index contributed by atoms with van der Waals surface area (Å²) < 4.78 is 5.53. The maximum absolute atomic E-state index is 12.4. The molecular weight excluding hydrogens is 364 g/mol. The smallest absolute Gasteiger partial charge is 0.265 e. The molecule has 1 N–H and O–H groups in total. The number of carbonyl (C=O) groups excluding carboxylic acids is 2. The highest BCUT2D eigenvalue weighted by Gasteiger charge is 2.25. The highest BCUT2D eigenvalue weighted by Crippen LogP contribution is 2.33. The second-order valence-electron chi connectivity index (χ2n) is 7.10. The third kappa shape index (κ3) is 4.29. The Morgan fingerprint density at radius 1 is 1.00 bits per heavy atom. The largest absolute Gasteiger partial charge is 0.482 e. The summed E-state index contributed by atoms with van der Waals surface area (Å²) in [5.41, 5.74) is 4.45. The summed E-state index contributed by atoms with van der Waals surface area (Å²) in [4.78, 5) is 26.5. The molecule has 1 aliphatic heterocycles. The molecule has 146 valence electrons. The topological polar surface area (TPSA) is 58.6 Å². The number of nitrogens with zero attached hydrogens (tertiary/aromatic N) is 1. The maximum atomic E-state index is 12.4. The first-order valence-electron chi connectivity index (χ1n) is 9.55. The Labute approximate surface area is 169 Å². The number of carbonyl (C=O) groups is 2. The molecule has 0 fully saturated rings. The second kappa shape index (κ2) is 8.19. The van der Waals surface area contributed by atoms with Gasteiger partial charge in [0, 0.05) is 12.1 Å². The molecule has 0 saturated heterocycles. The van der Waals surface area contributed by atoms with Gasteiger partial charge in [0.05, 0.1) is 12.2 Å². The first-order valence-corrected chi connectivity index (χ1v) is 9.55. The first-order chi connectivity index (χ1) is 14.1. The van der Waals surface area contributed by atoms with Gasteiger partial charge in [-0.25, -0.2) is 0 Å². The van der Waals surface area contributed by atoms with Crippen molar-refractivity contribution in [1.82, 2.24) is 5.32 Å². The van der Waals surface area contributed by atoms with Crippen LogP contribution in [0.15, 0.2) is 72.8 Å². The van der Waals surface area contributed by atoms with Crippen molar-refractivity contribution in [3.63, 3.8) is 0 Å². The number of hydrogen-bond donors (Lipinski definition) is 1. The minimum absolute atomic E-state index is 0.0377. The Kier molecular flexibility index (Phi) is 5.29. The average Bonchev–Trinajstić information content (AvgIpc) is 2.75. The van der Waals surface area contributed by atoms with Crippen molar-refractivity contribution < 1.29 is 14.3 Å². The van der Waals surface area contributed by atoms with Crippen LogP contribution in [0.1, 0.15) is 27.0 Å². The molecule has 0 aliphatic carbocycles. The molecule has 0 aromatic heterocycles. The predicted octanol–water partition coefficient (Wildman–Crippen LogP) is 3.85. The quantitative estimate of drug-likeness (QED) is 0.725. The van der Waals surface area contributed by atoms with Crippen LogP contribution in [0.2, 0.25) is 0 Å². The number of anilines is 1. The average molecular weight is 386 g/mol. The molecule has 5 heteroatoms. The van der Waals surface area contributed by atoms with Crippen molar-refractivity contribution in [3.8, 4) is 5.75 Å². The lowest BCUT2D eigenvalue weighted by Crippen LogP contribution is -2.38. The Morgan fingerprint density at radius 2 is 1.76 bits per heavy atom. The Bertz CT molecular complexity index is 1030. The van der Waals surface area contributed by atoms with E-state index in [2.05, 4.69) is 5.32 Å². The molecule has 1 heterocycles. The second-order valence-corrected chi connectivity index (χ2v) is 7.10. The summed E-state index contributed by atoms with van der Waals surface area (Å²) in [6, 6.07) is 23.0. The number of aryl methyl sites for hydroxylation is 1. The van der Waals surface area contributed by atoms with Crippen LogP contribution in [0, 0.1) is 6.92 Å². The fourth-order valence-electron chi connectivity index (χ4n) is 3.31. The molecule has 1 aliphatic rings. The van der Waals surface area contributed by atoms with E-state index in [-0.39, 0.29) is 18.4 Å². The number of fused-ring (bicyclic) bond motifs is 1. The number of rotatable bonds is 5. The lowest BCUT2D eigenvalue weighted by molar-refractivity contribution is -0.121. The van der Waals surface area contributed by atoms with Gasteiger partial charge >= 0.3 is 0 Å². The minimum atomic E-state index is -0.121. The van der Waals surface area contributed by atoms with Gasteiger partial charge < -0.3 is 15.0 Å². The van der Waals surface area contributed by atoms with E-state index in [0.29, 0.717) is 24.4 Å². The van der Waals surface area contributed by atoms with Gasteiger partial charge in [0.25, 0.3) is 11.8 Å². The molecule has 5 nitrogen and oxygen atoms in total. The first kappa shape index (κ1) is 18.7. The van der Waals surface area contributed by atoms with E-state index >= 15 is 0 Å². The summed E-state index contributed by atoms with van der Waals surface area (Å²) in [6.45, 7) is 2.95. The molecule has 2 amide bonds. The third-order valence-electron chi connectivity index (χ3n) is 4.91. The van der Waals surface area contributed by atoms with Crippen LogP contribution in [-0.2, 0) is 17.9 Å². The zero-order valence-corrected chi connectivity index (χ0v) is 16.2. The molecule has 0 radical (unpaired) electrons. The van der Waals surface area contributed by atoms with E-state index in [1.54, 1.807) is 17.0 Å². The van der Waals surface area contributed by atoms with Crippen LogP contribution in [-0.4, -0.2) is 18.4 Å². The highest BCUT2D eigenvalue weighted by atomic mass is 16.5. The molecule has 0 atom stereocenters. The summed E-state index contributed by atoms with van der Waals surface area (Å²) in [7, 11) is 0. The Morgan fingerprint density at radius 3 is 2.52 bits per heavy atom. The Hall–Kier alpha value is -3.60. The Balaban J connectivity index is 1.44. The molecule has 0 spiro atoms. The van der Waals surface area contributed by atoms with Crippen LogP contribution in [0.25, 0.3) is 0 Å². The lowest BCUT2D eigenvalue weighted by Gasteiger charge is -2.29. The van der Waals surface area contributed by atoms with Crippen LogP contribution in [0.5, 0.6) is 5.75 Å². The van der Waals surface area contributed by atoms with Gasteiger partial charge in [-0.1, -0.05) is 48.5 Å². The van der Waals surface area contributed by atoms with Crippen molar-refractivity contribution in [2.45, 2.75) is 20.0 Å². The van der Waals surface area contributed by atoms with Gasteiger partial charge in [-0.15, -0.1) is 0 Å². The van der Waals surface area contributed by atoms with E-state index in [9.17, 15) is 9.59 Å². The van der Waals surface area contributed by atoms with Gasteiger partial charge in [-0.05, 0) is 47.9 Å². The minimum Gasteiger partial charge on any atom is -0.482 e. The van der Waals surface area contributed by atoms with Crippen molar-refractivity contribution in [3.05, 3.63) is 95.1 Å². The van der Waals surface area contributed by atoms with E-state index in [4.69, 9.17) is 4.74 Å². The van der Waals surface area contributed by atoms with E-state index < -0.39 is 0 Å². The predicted molar refractivity (Wildman–Crippen MR) is 112 cm³/mol. The van der Waals surface area contributed by atoms with Crippen molar-refractivity contribution in [2.24, 2.45) is 0 Å².